The molecule has 0 bridgehead atoms. The number of rotatable bonds is 4. The Hall–Kier alpha value is -1.80. The number of aryl methyl sites for hydroxylation is 1. The minimum atomic E-state index is -0.204. The molecule has 0 aliphatic heterocycles. The van der Waals surface area contributed by atoms with E-state index in [1.54, 1.807) is 28.7 Å². The van der Waals surface area contributed by atoms with Gasteiger partial charge in [0.25, 0.3) is 5.91 Å². The topological polar surface area (TPSA) is 75.2 Å². The SMILES string of the molecule is CC(=O)Nc1nc(C(=O)N(C)Cc2csc(C)n2)cs1. The van der Waals surface area contributed by atoms with Crippen LogP contribution in [0.3, 0.4) is 0 Å². The summed E-state index contributed by atoms with van der Waals surface area (Å²) in [6.07, 6.45) is 0. The van der Waals surface area contributed by atoms with Crippen molar-refractivity contribution >= 4 is 39.6 Å². The van der Waals surface area contributed by atoms with E-state index < -0.39 is 0 Å². The Morgan fingerprint density at radius 1 is 1.30 bits per heavy atom. The van der Waals surface area contributed by atoms with Crippen LogP contribution in [0.25, 0.3) is 0 Å². The quantitative estimate of drug-likeness (QED) is 0.939. The largest absolute Gasteiger partial charge is 0.334 e. The number of anilines is 1. The van der Waals surface area contributed by atoms with E-state index in [9.17, 15) is 9.59 Å². The van der Waals surface area contributed by atoms with E-state index in [-0.39, 0.29) is 11.8 Å². The maximum absolute atomic E-state index is 12.2. The number of hydrogen-bond donors (Lipinski definition) is 1. The second-order valence-electron chi connectivity index (χ2n) is 4.24. The van der Waals surface area contributed by atoms with Gasteiger partial charge in [-0.3, -0.25) is 9.59 Å². The van der Waals surface area contributed by atoms with E-state index in [1.165, 1.54) is 18.3 Å². The van der Waals surface area contributed by atoms with Crippen LogP contribution in [0.4, 0.5) is 5.13 Å². The van der Waals surface area contributed by atoms with Gasteiger partial charge < -0.3 is 10.2 Å². The molecule has 0 unspecified atom stereocenters. The number of amides is 2. The number of nitrogens with zero attached hydrogens (tertiary/aromatic N) is 3. The van der Waals surface area contributed by atoms with Gasteiger partial charge in [0.2, 0.25) is 5.91 Å². The smallest absolute Gasteiger partial charge is 0.273 e. The van der Waals surface area contributed by atoms with E-state index in [0.29, 0.717) is 17.4 Å². The van der Waals surface area contributed by atoms with Crippen LogP contribution in [0, 0.1) is 6.92 Å². The standard InChI is InChI=1S/C12H14N4O2S2/c1-7(17)13-12-15-10(6-20-12)11(18)16(3)4-9-5-19-8(2)14-9/h5-6H,4H2,1-3H3,(H,13,15,17). The van der Waals surface area contributed by atoms with Crippen molar-refractivity contribution < 1.29 is 9.59 Å². The van der Waals surface area contributed by atoms with Gasteiger partial charge in [-0.25, -0.2) is 9.97 Å². The van der Waals surface area contributed by atoms with Gasteiger partial charge in [0, 0.05) is 24.7 Å². The zero-order valence-corrected chi connectivity index (χ0v) is 13.0. The molecule has 0 aliphatic rings. The van der Waals surface area contributed by atoms with Crippen molar-refractivity contribution in [2.45, 2.75) is 20.4 Å². The highest BCUT2D eigenvalue weighted by Gasteiger charge is 2.17. The highest BCUT2D eigenvalue weighted by molar-refractivity contribution is 7.14. The molecule has 2 rings (SSSR count). The lowest BCUT2D eigenvalue weighted by atomic mass is 10.4. The summed E-state index contributed by atoms with van der Waals surface area (Å²) in [4.78, 5) is 33.1. The Kier molecular flexibility index (Phi) is 4.46. The lowest BCUT2D eigenvalue weighted by Crippen LogP contribution is -2.26. The zero-order valence-electron chi connectivity index (χ0n) is 11.3. The number of carbonyl (C=O) groups excluding carboxylic acids is 2. The van der Waals surface area contributed by atoms with Gasteiger partial charge in [0.05, 0.1) is 17.2 Å². The fourth-order valence-corrected chi connectivity index (χ4v) is 2.91. The Morgan fingerprint density at radius 2 is 2.05 bits per heavy atom. The van der Waals surface area contributed by atoms with Crippen molar-refractivity contribution in [2.75, 3.05) is 12.4 Å². The summed E-state index contributed by atoms with van der Waals surface area (Å²) >= 11 is 2.78. The Balaban J connectivity index is 2.02. The summed E-state index contributed by atoms with van der Waals surface area (Å²) in [5.74, 6) is -0.395. The molecule has 0 radical (unpaired) electrons. The van der Waals surface area contributed by atoms with Gasteiger partial charge in [-0.2, -0.15) is 0 Å². The maximum atomic E-state index is 12.2. The monoisotopic (exact) mass is 310 g/mol. The summed E-state index contributed by atoms with van der Waals surface area (Å²) < 4.78 is 0. The second kappa shape index (κ2) is 6.10. The number of thiazole rings is 2. The molecule has 2 amide bonds. The van der Waals surface area contributed by atoms with Crippen LogP contribution >= 0.6 is 22.7 Å². The van der Waals surface area contributed by atoms with E-state index >= 15 is 0 Å². The fourth-order valence-electron chi connectivity index (χ4n) is 1.57. The van der Waals surface area contributed by atoms with Crippen molar-refractivity contribution in [2.24, 2.45) is 0 Å². The van der Waals surface area contributed by atoms with Gasteiger partial charge in [-0.15, -0.1) is 22.7 Å². The molecule has 106 valence electrons. The molecular formula is C12H14N4O2S2. The first-order chi connectivity index (χ1) is 9.45. The van der Waals surface area contributed by atoms with E-state index in [4.69, 9.17) is 0 Å². The summed E-state index contributed by atoms with van der Waals surface area (Å²) in [6.45, 7) is 3.77. The molecule has 8 heteroatoms. The van der Waals surface area contributed by atoms with Gasteiger partial charge >= 0.3 is 0 Å². The van der Waals surface area contributed by atoms with E-state index in [1.807, 2.05) is 12.3 Å². The summed E-state index contributed by atoms with van der Waals surface area (Å²) in [5, 5.41) is 7.53. The third-order valence-electron chi connectivity index (χ3n) is 2.42. The molecule has 1 N–H and O–H groups in total. The van der Waals surface area contributed by atoms with Crippen molar-refractivity contribution in [1.82, 2.24) is 14.9 Å². The Bertz CT molecular complexity index is 635. The van der Waals surface area contributed by atoms with Crippen molar-refractivity contribution in [1.29, 1.82) is 0 Å². The lowest BCUT2D eigenvalue weighted by Gasteiger charge is -2.14. The summed E-state index contributed by atoms with van der Waals surface area (Å²) in [6, 6.07) is 0. The molecule has 0 fully saturated rings. The normalized spacial score (nSPS) is 10.3. The molecule has 0 saturated carbocycles. The first kappa shape index (κ1) is 14.6. The van der Waals surface area contributed by atoms with Crippen molar-refractivity contribution in [3.8, 4) is 0 Å². The van der Waals surface area contributed by atoms with Crippen molar-refractivity contribution in [3.05, 3.63) is 27.2 Å². The molecule has 0 atom stereocenters. The number of aromatic nitrogens is 2. The first-order valence-corrected chi connectivity index (χ1v) is 7.61. The highest BCUT2D eigenvalue weighted by Crippen LogP contribution is 2.17. The van der Waals surface area contributed by atoms with E-state index in [0.717, 1.165) is 10.7 Å². The third kappa shape index (κ3) is 3.61. The van der Waals surface area contributed by atoms with Crippen LogP contribution in [-0.2, 0) is 11.3 Å². The summed E-state index contributed by atoms with van der Waals surface area (Å²) in [7, 11) is 1.70. The minimum absolute atomic E-state index is 0.191. The van der Waals surface area contributed by atoms with Crippen LogP contribution in [0.1, 0.15) is 28.1 Å². The molecule has 0 aromatic carbocycles. The van der Waals surface area contributed by atoms with Gasteiger partial charge in [-0.1, -0.05) is 0 Å². The number of nitrogens with one attached hydrogen (secondary N) is 1. The minimum Gasteiger partial charge on any atom is -0.334 e. The summed E-state index contributed by atoms with van der Waals surface area (Å²) in [5.41, 5.74) is 1.19. The van der Waals surface area contributed by atoms with Crippen LogP contribution in [0.2, 0.25) is 0 Å². The zero-order chi connectivity index (χ0) is 14.7. The van der Waals surface area contributed by atoms with Crippen LogP contribution in [-0.4, -0.2) is 33.7 Å². The number of carbonyl (C=O) groups is 2. The second-order valence-corrected chi connectivity index (χ2v) is 6.16. The molecule has 0 spiro atoms. The third-order valence-corrected chi connectivity index (χ3v) is 4.00. The van der Waals surface area contributed by atoms with Gasteiger partial charge in [0.15, 0.2) is 5.13 Å². The average molecular weight is 310 g/mol. The molecular weight excluding hydrogens is 296 g/mol. The van der Waals surface area contributed by atoms with Crippen LogP contribution in [0.5, 0.6) is 0 Å². The van der Waals surface area contributed by atoms with Gasteiger partial charge in [-0.05, 0) is 6.92 Å². The average Bonchev–Trinajstić information content (AvgIpc) is 2.97. The Morgan fingerprint density at radius 3 is 2.65 bits per heavy atom. The predicted molar refractivity (Wildman–Crippen MR) is 79.1 cm³/mol. The van der Waals surface area contributed by atoms with Crippen LogP contribution in [0.15, 0.2) is 10.8 Å². The molecule has 6 nitrogen and oxygen atoms in total. The maximum Gasteiger partial charge on any atom is 0.273 e. The number of hydrogen-bond acceptors (Lipinski definition) is 6. The predicted octanol–water partition coefficient (Wildman–Crippen LogP) is 2.14. The van der Waals surface area contributed by atoms with E-state index in [2.05, 4.69) is 15.3 Å². The highest BCUT2D eigenvalue weighted by atomic mass is 32.1. The molecule has 2 aromatic heterocycles. The van der Waals surface area contributed by atoms with Crippen LogP contribution < -0.4 is 5.32 Å². The fraction of sp³-hybridized carbons (Fsp3) is 0.333. The first-order valence-electron chi connectivity index (χ1n) is 5.85. The van der Waals surface area contributed by atoms with Crippen molar-refractivity contribution in [3.63, 3.8) is 0 Å². The Labute approximate surface area is 124 Å². The molecule has 0 saturated heterocycles. The molecule has 0 aliphatic carbocycles. The lowest BCUT2D eigenvalue weighted by molar-refractivity contribution is -0.114. The molecule has 2 heterocycles. The molecule has 2 aromatic rings. The van der Waals surface area contributed by atoms with Gasteiger partial charge in [0.1, 0.15) is 5.69 Å². The molecule has 20 heavy (non-hydrogen) atoms.